The number of fused-ring (bicyclic) bond motifs is 6. The van der Waals surface area contributed by atoms with Crippen LogP contribution in [-0.2, 0) is 10.3 Å². The number of rotatable bonds is 12. The largest absolute Gasteiger partial charge is 0.508 e. The third-order valence-electron chi connectivity index (χ3n) is 7.36. The molecule has 2 aliphatic rings. The average Bonchev–Trinajstić information content (AvgIpc) is 3.21. The van der Waals surface area contributed by atoms with Crippen LogP contribution in [0.15, 0.2) is 54.6 Å². The fourth-order valence-electron chi connectivity index (χ4n) is 5.63. The third-order valence-corrected chi connectivity index (χ3v) is 7.36. The van der Waals surface area contributed by atoms with E-state index in [4.69, 9.17) is 20.9 Å². The number of nitrogens with two attached hydrogens (primary N) is 2. The Labute approximate surface area is 228 Å². The third kappa shape index (κ3) is 5.06. The first-order valence-electron chi connectivity index (χ1n) is 13.6. The summed E-state index contributed by atoms with van der Waals surface area (Å²) >= 11 is 0. The Kier molecular flexibility index (Phi) is 8.04. The molecule has 39 heavy (non-hydrogen) atoms. The van der Waals surface area contributed by atoms with E-state index < -0.39 is 11.6 Å². The van der Waals surface area contributed by atoms with Crippen molar-refractivity contribution in [3.8, 4) is 23.0 Å². The summed E-state index contributed by atoms with van der Waals surface area (Å²) in [6, 6.07) is 15.2. The van der Waals surface area contributed by atoms with E-state index in [1.807, 2.05) is 18.2 Å². The van der Waals surface area contributed by atoms with Crippen LogP contribution in [0.2, 0.25) is 0 Å². The molecule has 1 spiro atoms. The molecule has 3 aromatic rings. The monoisotopic (exact) mass is 532 g/mol. The molecule has 9 heteroatoms. The zero-order valence-corrected chi connectivity index (χ0v) is 21.9. The number of carbonyl (C=O) groups is 1. The Bertz CT molecular complexity index is 1350. The summed E-state index contributed by atoms with van der Waals surface area (Å²) < 4.78 is 12.6. The van der Waals surface area contributed by atoms with Crippen molar-refractivity contribution >= 4 is 5.97 Å². The zero-order chi connectivity index (χ0) is 27.4. The van der Waals surface area contributed by atoms with Gasteiger partial charge < -0.3 is 41.8 Å². The normalized spacial score (nSPS) is 17.7. The van der Waals surface area contributed by atoms with Gasteiger partial charge in [0.1, 0.15) is 23.0 Å². The van der Waals surface area contributed by atoms with E-state index in [1.165, 1.54) is 12.1 Å². The lowest BCUT2D eigenvalue weighted by Gasteiger charge is -2.39. The average molecular weight is 533 g/mol. The molecule has 9 nitrogen and oxygen atoms in total. The van der Waals surface area contributed by atoms with Gasteiger partial charge in [-0.05, 0) is 88.2 Å². The first-order valence-corrected chi connectivity index (χ1v) is 13.6. The number of esters is 1. The van der Waals surface area contributed by atoms with Gasteiger partial charge in [0.15, 0.2) is 5.60 Å². The van der Waals surface area contributed by atoms with Crippen LogP contribution >= 0.6 is 0 Å². The van der Waals surface area contributed by atoms with E-state index in [0.29, 0.717) is 53.4 Å². The topological polar surface area (TPSA) is 152 Å². The standard InChI is InChI=1S/C30H36N4O5/c31-11-4-14-33-13-3-8-25(34-15-5-12-32)22-16-20(36)18-27-28(22)30(24-10-9-19(35)17-26(24)38-27)23-7-2-1-6-21(23)29(37)39-30/h1-2,6-7,9-10,16-18,25,33-36H,3-5,8,11-15,31-32H2. The second kappa shape index (κ2) is 11.6. The summed E-state index contributed by atoms with van der Waals surface area (Å²) in [5.74, 6) is 0.355. The quantitative estimate of drug-likeness (QED) is 0.152. The highest BCUT2D eigenvalue weighted by atomic mass is 16.6. The minimum absolute atomic E-state index is 0.0220. The molecule has 206 valence electrons. The van der Waals surface area contributed by atoms with Crippen LogP contribution in [0, 0.1) is 0 Å². The summed E-state index contributed by atoms with van der Waals surface area (Å²) in [5, 5.41) is 28.1. The maximum atomic E-state index is 13.3. The van der Waals surface area contributed by atoms with E-state index >= 15 is 0 Å². The molecule has 5 rings (SSSR count). The lowest BCUT2D eigenvalue weighted by molar-refractivity contribution is 0.0219. The molecule has 2 aliphatic heterocycles. The Morgan fingerprint density at radius 1 is 0.846 bits per heavy atom. The summed E-state index contributed by atoms with van der Waals surface area (Å²) in [6.07, 6.45) is 3.32. The molecular weight excluding hydrogens is 496 g/mol. The van der Waals surface area contributed by atoms with E-state index in [-0.39, 0.29) is 17.5 Å². The Morgan fingerprint density at radius 2 is 1.59 bits per heavy atom. The minimum Gasteiger partial charge on any atom is -0.508 e. The maximum absolute atomic E-state index is 13.3. The molecule has 0 saturated heterocycles. The van der Waals surface area contributed by atoms with Crippen molar-refractivity contribution in [2.24, 2.45) is 11.5 Å². The van der Waals surface area contributed by atoms with Gasteiger partial charge in [-0.15, -0.1) is 0 Å². The summed E-state index contributed by atoms with van der Waals surface area (Å²) in [5.41, 5.74) is 13.3. The molecule has 8 N–H and O–H groups in total. The van der Waals surface area contributed by atoms with Crippen molar-refractivity contribution < 1.29 is 24.5 Å². The number of hydrogen-bond donors (Lipinski definition) is 6. The summed E-state index contributed by atoms with van der Waals surface area (Å²) in [6.45, 7) is 3.55. The minimum atomic E-state index is -1.31. The number of aromatic hydroxyl groups is 2. The Balaban J connectivity index is 1.64. The van der Waals surface area contributed by atoms with Gasteiger partial charge in [0.2, 0.25) is 0 Å². The van der Waals surface area contributed by atoms with Crippen molar-refractivity contribution in [2.75, 3.05) is 32.7 Å². The molecule has 3 aromatic carbocycles. The number of carbonyl (C=O) groups excluding carboxylic acids is 1. The lowest BCUT2D eigenvalue weighted by Crippen LogP contribution is -2.36. The van der Waals surface area contributed by atoms with Crippen LogP contribution in [0.5, 0.6) is 23.0 Å². The van der Waals surface area contributed by atoms with Crippen LogP contribution in [0.25, 0.3) is 0 Å². The molecule has 0 bridgehead atoms. The fraction of sp³-hybridized carbons (Fsp3) is 0.367. The van der Waals surface area contributed by atoms with Gasteiger partial charge in [-0.2, -0.15) is 0 Å². The highest BCUT2D eigenvalue weighted by Gasteiger charge is 2.55. The van der Waals surface area contributed by atoms with Gasteiger partial charge >= 0.3 is 5.97 Å². The predicted molar refractivity (Wildman–Crippen MR) is 148 cm³/mol. The van der Waals surface area contributed by atoms with Crippen LogP contribution in [-0.4, -0.2) is 48.9 Å². The van der Waals surface area contributed by atoms with Gasteiger partial charge in [0.05, 0.1) is 11.1 Å². The molecule has 0 amide bonds. The molecule has 0 fully saturated rings. The molecule has 0 radical (unpaired) electrons. The first-order chi connectivity index (χ1) is 19.0. The maximum Gasteiger partial charge on any atom is 0.340 e. The fourth-order valence-corrected chi connectivity index (χ4v) is 5.63. The summed E-state index contributed by atoms with van der Waals surface area (Å²) in [4.78, 5) is 13.3. The Hall–Kier alpha value is -3.63. The second-order valence-corrected chi connectivity index (χ2v) is 9.99. The van der Waals surface area contributed by atoms with E-state index in [9.17, 15) is 15.0 Å². The SMILES string of the molecule is NCCCNCCCC(NCCCN)c1cc(O)cc2c1C1(OC(=O)c3ccccc31)c1ccc(O)cc1O2. The molecule has 0 aromatic heterocycles. The van der Waals surface area contributed by atoms with Crippen LogP contribution in [0.1, 0.15) is 64.3 Å². The second-order valence-electron chi connectivity index (χ2n) is 9.99. The van der Waals surface area contributed by atoms with Gasteiger partial charge in [0.25, 0.3) is 0 Å². The van der Waals surface area contributed by atoms with Crippen molar-refractivity contribution in [2.45, 2.75) is 37.3 Å². The molecular formula is C30H36N4O5. The molecule has 2 unspecified atom stereocenters. The number of benzene rings is 3. The molecule has 2 atom stereocenters. The number of hydrogen-bond acceptors (Lipinski definition) is 9. The molecule has 0 aliphatic carbocycles. The van der Waals surface area contributed by atoms with Gasteiger partial charge in [-0.3, -0.25) is 0 Å². The highest BCUT2D eigenvalue weighted by molar-refractivity contribution is 5.97. The van der Waals surface area contributed by atoms with Crippen molar-refractivity contribution in [1.82, 2.24) is 10.6 Å². The highest BCUT2D eigenvalue weighted by Crippen LogP contribution is 2.58. The smallest absolute Gasteiger partial charge is 0.340 e. The van der Waals surface area contributed by atoms with Crippen molar-refractivity contribution in [1.29, 1.82) is 0 Å². The number of ether oxygens (including phenoxy) is 2. The van der Waals surface area contributed by atoms with E-state index in [1.54, 1.807) is 24.3 Å². The van der Waals surface area contributed by atoms with Gasteiger partial charge in [-0.25, -0.2) is 4.79 Å². The number of phenols is 2. The van der Waals surface area contributed by atoms with Crippen LogP contribution in [0.3, 0.4) is 0 Å². The van der Waals surface area contributed by atoms with Gasteiger partial charge in [0, 0.05) is 29.3 Å². The van der Waals surface area contributed by atoms with E-state index in [0.717, 1.165) is 44.3 Å². The Morgan fingerprint density at radius 3 is 2.41 bits per heavy atom. The predicted octanol–water partition coefficient (Wildman–Crippen LogP) is 3.36. The van der Waals surface area contributed by atoms with Crippen LogP contribution < -0.4 is 26.8 Å². The van der Waals surface area contributed by atoms with Gasteiger partial charge in [-0.1, -0.05) is 18.2 Å². The van der Waals surface area contributed by atoms with Crippen LogP contribution in [0.4, 0.5) is 0 Å². The molecule has 0 saturated carbocycles. The van der Waals surface area contributed by atoms with Crippen molar-refractivity contribution in [3.63, 3.8) is 0 Å². The first kappa shape index (κ1) is 27.0. The van der Waals surface area contributed by atoms with E-state index in [2.05, 4.69) is 10.6 Å². The van der Waals surface area contributed by atoms with Crippen molar-refractivity contribution in [3.05, 3.63) is 82.4 Å². The number of phenolic OH excluding ortho intramolecular Hbond substituents is 2. The lowest BCUT2D eigenvalue weighted by atomic mass is 9.74. The molecule has 2 heterocycles. The number of nitrogens with one attached hydrogen (secondary N) is 2. The zero-order valence-electron chi connectivity index (χ0n) is 21.9. The summed E-state index contributed by atoms with van der Waals surface area (Å²) in [7, 11) is 0.